The lowest BCUT2D eigenvalue weighted by Gasteiger charge is -2.28. The van der Waals surface area contributed by atoms with Gasteiger partial charge in [0.05, 0.1) is 46.2 Å². The van der Waals surface area contributed by atoms with Gasteiger partial charge in [0.15, 0.2) is 5.82 Å². The van der Waals surface area contributed by atoms with Gasteiger partial charge in [0.25, 0.3) is 5.91 Å². The van der Waals surface area contributed by atoms with Crippen molar-refractivity contribution in [3.05, 3.63) is 89.2 Å². The first-order chi connectivity index (χ1) is 18.9. The Hall–Kier alpha value is -4.43. The van der Waals surface area contributed by atoms with Gasteiger partial charge >= 0.3 is 0 Å². The molecule has 3 heterocycles. The van der Waals surface area contributed by atoms with Gasteiger partial charge in [0.2, 0.25) is 0 Å². The van der Waals surface area contributed by atoms with Crippen LogP contribution in [0.1, 0.15) is 22.5 Å². The minimum atomic E-state index is -0.606. The number of amides is 1. The Kier molecular flexibility index (Phi) is 7.47. The smallest absolute Gasteiger partial charge is 0.274 e. The molecule has 9 nitrogen and oxygen atoms in total. The second kappa shape index (κ2) is 11.1. The van der Waals surface area contributed by atoms with E-state index in [4.69, 9.17) is 17.3 Å². The van der Waals surface area contributed by atoms with E-state index < -0.39 is 11.7 Å². The van der Waals surface area contributed by atoms with Gasteiger partial charge in [-0.15, -0.1) is 0 Å². The molecule has 1 fully saturated rings. The molecule has 11 heteroatoms. The van der Waals surface area contributed by atoms with Crippen LogP contribution in [-0.2, 0) is 0 Å². The monoisotopic (exact) mass is 543 g/mol. The predicted octanol–water partition coefficient (Wildman–Crippen LogP) is 4.02. The summed E-state index contributed by atoms with van der Waals surface area (Å²) in [6, 6.07) is 14.3. The summed E-state index contributed by atoms with van der Waals surface area (Å²) in [5.41, 5.74) is 9.07. The van der Waals surface area contributed by atoms with E-state index >= 15 is 0 Å². The third kappa shape index (κ3) is 5.28. The van der Waals surface area contributed by atoms with E-state index in [1.54, 1.807) is 30.6 Å². The maximum atomic E-state index is 14.4. The number of carbonyl (C=O) groups is 1. The number of pyridine rings is 1. The number of halogens is 2. The van der Waals surface area contributed by atoms with Crippen LogP contribution in [0.3, 0.4) is 0 Å². The largest absolute Gasteiger partial charge is 0.394 e. The van der Waals surface area contributed by atoms with Gasteiger partial charge in [0.1, 0.15) is 11.5 Å². The summed E-state index contributed by atoms with van der Waals surface area (Å²) in [5.74, 6) is -1.18. The van der Waals surface area contributed by atoms with E-state index in [0.29, 0.717) is 41.0 Å². The summed E-state index contributed by atoms with van der Waals surface area (Å²) >= 11 is 6.16. The molecule has 4 aromatic rings. The molecule has 0 saturated carbocycles. The van der Waals surface area contributed by atoms with E-state index in [1.165, 1.54) is 30.5 Å². The van der Waals surface area contributed by atoms with Crippen LogP contribution in [-0.4, -0.2) is 51.2 Å². The van der Waals surface area contributed by atoms with Crippen LogP contribution < -0.4 is 16.0 Å². The zero-order valence-electron chi connectivity index (χ0n) is 20.6. The number of hydrogen-bond acceptors (Lipinski definition) is 8. The van der Waals surface area contributed by atoms with Crippen molar-refractivity contribution >= 4 is 28.9 Å². The molecular weight excluding hydrogens is 521 g/mol. The standard InChI is InChI=1S/C28H23ClFN7O2/c29-21-2-1-3-22(30)26(21)27-34-9-7-24(35-27)28(39)36-23-5-4-16(20-13-33-8-6-17(20)12-31)10-25(23)37-14-18(32)11-19(37)15-38/h1-10,13,18-19,38H,11,14-15,32H2,(H,36,39)/t18-,19-/m0/s1. The van der Waals surface area contributed by atoms with Crippen molar-refractivity contribution in [1.29, 1.82) is 5.26 Å². The highest BCUT2D eigenvalue weighted by atomic mass is 35.5. The molecule has 1 saturated heterocycles. The Labute approximate surface area is 228 Å². The van der Waals surface area contributed by atoms with Crippen molar-refractivity contribution in [2.24, 2.45) is 5.73 Å². The maximum absolute atomic E-state index is 14.4. The van der Waals surface area contributed by atoms with Crippen LogP contribution in [0.2, 0.25) is 5.02 Å². The van der Waals surface area contributed by atoms with Crippen molar-refractivity contribution in [2.75, 3.05) is 23.4 Å². The number of nitriles is 1. The minimum absolute atomic E-state index is 0.000433. The van der Waals surface area contributed by atoms with Gasteiger partial charge in [-0.3, -0.25) is 9.78 Å². The quantitative estimate of drug-likeness (QED) is 0.331. The molecule has 4 N–H and O–H groups in total. The molecule has 1 amide bonds. The number of carbonyl (C=O) groups excluding carboxylic acids is 1. The fourth-order valence-corrected chi connectivity index (χ4v) is 4.94. The molecule has 0 radical (unpaired) electrons. The number of aromatic nitrogens is 3. The number of nitrogens with two attached hydrogens (primary N) is 1. The van der Waals surface area contributed by atoms with Crippen molar-refractivity contribution in [3.63, 3.8) is 0 Å². The summed E-state index contributed by atoms with van der Waals surface area (Å²) in [7, 11) is 0. The molecule has 0 aliphatic carbocycles. The minimum Gasteiger partial charge on any atom is -0.394 e. The lowest BCUT2D eigenvalue weighted by Crippen LogP contribution is -2.33. The third-order valence-electron chi connectivity index (χ3n) is 6.54. The maximum Gasteiger partial charge on any atom is 0.274 e. The first kappa shape index (κ1) is 26.2. The van der Waals surface area contributed by atoms with Crippen molar-refractivity contribution in [3.8, 4) is 28.6 Å². The number of anilines is 2. The molecule has 0 unspecified atom stereocenters. The lowest BCUT2D eigenvalue weighted by molar-refractivity contribution is 0.102. The van der Waals surface area contributed by atoms with Gasteiger partial charge in [-0.1, -0.05) is 23.7 Å². The average Bonchev–Trinajstić information content (AvgIpc) is 3.33. The number of hydrogen-bond donors (Lipinski definition) is 3. The highest BCUT2D eigenvalue weighted by Gasteiger charge is 2.31. The van der Waals surface area contributed by atoms with Crippen LogP contribution in [0.15, 0.2) is 67.1 Å². The van der Waals surface area contributed by atoms with Crippen molar-refractivity contribution in [1.82, 2.24) is 15.0 Å². The van der Waals surface area contributed by atoms with Gasteiger partial charge in [-0.2, -0.15) is 5.26 Å². The zero-order chi connectivity index (χ0) is 27.5. The Morgan fingerprint density at radius 1 is 1.26 bits per heavy atom. The molecule has 1 aliphatic heterocycles. The van der Waals surface area contributed by atoms with Gasteiger partial charge in [0, 0.05) is 36.7 Å². The average molecular weight is 544 g/mol. The molecule has 39 heavy (non-hydrogen) atoms. The number of rotatable bonds is 6. The molecule has 2 aromatic carbocycles. The second-order valence-corrected chi connectivity index (χ2v) is 9.47. The van der Waals surface area contributed by atoms with Crippen LogP contribution in [0.4, 0.5) is 15.8 Å². The fraction of sp³-hybridized carbons (Fsp3) is 0.179. The van der Waals surface area contributed by atoms with Crippen LogP contribution in [0, 0.1) is 17.1 Å². The number of aliphatic hydroxyl groups excluding tert-OH is 1. The van der Waals surface area contributed by atoms with Crippen molar-refractivity contribution in [2.45, 2.75) is 18.5 Å². The van der Waals surface area contributed by atoms with Crippen molar-refractivity contribution < 1.29 is 14.3 Å². The zero-order valence-corrected chi connectivity index (χ0v) is 21.3. The first-order valence-corrected chi connectivity index (χ1v) is 12.5. The normalized spacial score (nSPS) is 16.6. The van der Waals surface area contributed by atoms with Crippen LogP contribution in [0.25, 0.3) is 22.5 Å². The van der Waals surface area contributed by atoms with E-state index in [0.717, 1.165) is 0 Å². The summed E-state index contributed by atoms with van der Waals surface area (Å²) in [6.45, 7) is 0.333. The van der Waals surface area contributed by atoms with Gasteiger partial charge in [-0.25, -0.2) is 14.4 Å². The highest BCUT2D eigenvalue weighted by molar-refractivity contribution is 6.33. The number of nitrogens with zero attached hydrogens (tertiary/aromatic N) is 5. The Balaban J connectivity index is 1.53. The van der Waals surface area contributed by atoms with E-state index in [9.17, 15) is 19.6 Å². The molecule has 1 aliphatic rings. The lowest BCUT2D eigenvalue weighted by atomic mass is 10.0. The predicted molar refractivity (Wildman–Crippen MR) is 146 cm³/mol. The fourth-order valence-electron chi connectivity index (χ4n) is 4.69. The topological polar surface area (TPSA) is 141 Å². The summed E-state index contributed by atoms with van der Waals surface area (Å²) in [5, 5.41) is 22.6. The molecule has 0 bridgehead atoms. The van der Waals surface area contributed by atoms with Crippen LogP contribution >= 0.6 is 11.6 Å². The summed E-state index contributed by atoms with van der Waals surface area (Å²) in [6.07, 6.45) is 5.08. The molecule has 196 valence electrons. The van der Waals surface area contributed by atoms with E-state index in [2.05, 4.69) is 26.3 Å². The van der Waals surface area contributed by atoms with E-state index in [1.807, 2.05) is 11.0 Å². The summed E-state index contributed by atoms with van der Waals surface area (Å²) in [4.78, 5) is 27.8. The number of aliphatic hydroxyl groups is 1. The van der Waals surface area contributed by atoms with Crippen LogP contribution in [0.5, 0.6) is 0 Å². The molecular formula is C28H23ClFN7O2. The Morgan fingerprint density at radius 2 is 2.10 bits per heavy atom. The Bertz CT molecular complexity index is 1570. The SMILES string of the molecule is N#Cc1ccncc1-c1ccc(NC(=O)c2ccnc(-c3c(F)cccc3Cl)n2)c(N2C[C@@H](N)C[C@H]2CO)c1. The molecule has 5 rings (SSSR count). The van der Waals surface area contributed by atoms with E-state index in [-0.39, 0.29) is 40.8 Å². The first-order valence-electron chi connectivity index (χ1n) is 12.1. The summed E-state index contributed by atoms with van der Waals surface area (Å²) < 4.78 is 14.4. The Morgan fingerprint density at radius 3 is 2.87 bits per heavy atom. The second-order valence-electron chi connectivity index (χ2n) is 9.07. The molecule has 2 aromatic heterocycles. The number of nitrogens with one attached hydrogen (secondary N) is 1. The number of benzene rings is 2. The highest BCUT2D eigenvalue weighted by Crippen LogP contribution is 2.37. The van der Waals surface area contributed by atoms with Gasteiger partial charge < -0.3 is 21.1 Å². The molecule has 0 spiro atoms. The molecule has 2 atom stereocenters. The third-order valence-corrected chi connectivity index (χ3v) is 6.86. The van der Waals surface area contributed by atoms with Gasteiger partial charge in [-0.05, 0) is 48.4 Å².